The van der Waals surface area contributed by atoms with Crippen molar-refractivity contribution in [1.29, 1.82) is 0 Å². The van der Waals surface area contributed by atoms with E-state index < -0.39 is 0 Å². The van der Waals surface area contributed by atoms with Crippen molar-refractivity contribution in [3.05, 3.63) is 0 Å². The lowest BCUT2D eigenvalue weighted by Crippen LogP contribution is -2.04. The third-order valence-corrected chi connectivity index (χ3v) is 1.000. The van der Waals surface area contributed by atoms with Gasteiger partial charge >= 0.3 is 0 Å². The fourth-order valence-electron chi connectivity index (χ4n) is 0.250. The molecule has 0 heterocycles. The summed E-state index contributed by atoms with van der Waals surface area (Å²) < 4.78 is 0. The van der Waals surface area contributed by atoms with Gasteiger partial charge in [-0.2, -0.15) is 0 Å². The van der Waals surface area contributed by atoms with Gasteiger partial charge in [0.25, 0.3) is 0 Å². The molecule has 0 rings (SSSR count). The van der Waals surface area contributed by atoms with Crippen molar-refractivity contribution in [3.63, 3.8) is 0 Å². The summed E-state index contributed by atoms with van der Waals surface area (Å²) in [5, 5.41) is 3.02. The van der Waals surface area contributed by atoms with E-state index in [4.69, 9.17) is 0 Å². The van der Waals surface area contributed by atoms with Crippen LogP contribution in [0.5, 0.6) is 0 Å². The lowest BCUT2D eigenvalue weighted by molar-refractivity contribution is 0.772. The molecule has 0 aromatic heterocycles. The van der Waals surface area contributed by atoms with E-state index in [9.17, 15) is 0 Å². The molecule has 0 saturated heterocycles. The molecule has 15 heavy (non-hydrogen) atoms. The minimum atomic E-state index is 0. The lowest BCUT2D eigenvalue weighted by atomic mass is 10.4. The van der Waals surface area contributed by atoms with Gasteiger partial charge in [-0.3, -0.25) is 0 Å². The van der Waals surface area contributed by atoms with Crippen LogP contribution in [0.15, 0.2) is 0 Å². The van der Waals surface area contributed by atoms with Crippen molar-refractivity contribution in [2.24, 2.45) is 0 Å². The van der Waals surface area contributed by atoms with Crippen LogP contribution >= 0.6 is 0 Å². The molecule has 0 radical (unpaired) electrons. The molecule has 100 valence electrons. The molecule has 0 aromatic rings. The van der Waals surface area contributed by atoms with E-state index in [1.807, 2.05) is 20.9 Å². The summed E-state index contributed by atoms with van der Waals surface area (Å²) in [6, 6.07) is 0. The van der Waals surface area contributed by atoms with Gasteiger partial charge in [0.2, 0.25) is 0 Å². The maximum atomic E-state index is 3.02. The maximum absolute atomic E-state index is 3.02. The fraction of sp³-hybridized carbons (Fsp3) is 1.00. The summed E-state index contributed by atoms with van der Waals surface area (Å²) in [7, 11) is 1.96. The lowest BCUT2D eigenvalue weighted by Gasteiger charge is -1.84. The third kappa shape index (κ3) is 232. The van der Waals surface area contributed by atoms with Gasteiger partial charge in [-0.15, -0.1) is 0 Å². The van der Waals surface area contributed by atoms with Crippen molar-refractivity contribution in [3.8, 4) is 0 Å². The molecule has 0 atom stereocenters. The van der Waals surface area contributed by atoms with Crippen molar-refractivity contribution < 1.29 is 0 Å². The molecule has 0 aromatic carbocycles. The van der Waals surface area contributed by atoms with Crippen LogP contribution < -0.4 is 11.5 Å². The van der Waals surface area contributed by atoms with E-state index in [0.29, 0.717) is 0 Å². The van der Waals surface area contributed by atoms with Gasteiger partial charge in [0, 0.05) is 0 Å². The van der Waals surface area contributed by atoms with Crippen LogP contribution in [0.1, 0.15) is 74.1 Å². The van der Waals surface area contributed by atoms with E-state index in [1.165, 1.54) is 25.7 Å². The molecule has 2 heteroatoms. The summed E-state index contributed by atoms with van der Waals surface area (Å²) in [5.74, 6) is 0. The highest BCUT2D eigenvalue weighted by Crippen LogP contribution is 1.76. The van der Waals surface area contributed by atoms with Gasteiger partial charge in [0.05, 0.1) is 0 Å². The number of unbranched alkanes of at least 4 members (excludes halogenated alkanes) is 1. The molecular formula is C13H38N2. The van der Waals surface area contributed by atoms with Crippen molar-refractivity contribution >= 4 is 0 Å². The predicted molar refractivity (Wildman–Crippen MR) is 77.1 cm³/mol. The number of nitrogens with one attached hydrogen (secondary N) is 1. The molecule has 0 aliphatic rings. The molecule has 0 fully saturated rings. The second-order valence-corrected chi connectivity index (χ2v) is 2.81. The summed E-state index contributed by atoms with van der Waals surface area (Å²) in [5.41, 5.74) is 0. The molecular weight excluding hydrogens is 184 g/mol. The first-order valence-corrected chi connectivity index (χ1v) is 6.39. The Kier molecular flexibility index (Phi) is 130. The highest BCUT2D eigenvalue weighted by molar-refractivity contribution is 4.28. The van der Waals surface area contributed by atoms with E-state index in [2.05, 4.69) is 39.9 Å². The number of hydrogen-bond acceptors (Lipinski definition) is 2. The normalized spacial score (nSPS) is 6.40. The Hall–Kier alpha value is -0.0800. The second kappa shape index (κ2) is 66.3. The molecule has 0 unspecified atom stereocenters. The van der Waals surface area contributed by atoms with E-state index in [1.54, 1.807) is 0 Å². The van der Waals surface area contributed by atoms with E-state index in [-0.39, 0.29) is 6.15 Å². The van der Waals surface area contributed by atoms with Crippen LogP contribution in [0.3, 0.4) is 0 Å². The Morgan fingerprint density at radius 1 is 0.733 bits per heavy atom. The van der Waals surface area contributed by atoms with Gasteiger partial charge < -0.3 is 11.5 Å². The smallest absolute Gasteiger partial charge is 0.00546 e. The first kappa shape index (κ1) is 29.4. The predicted octanol–water partition coefficient (Wildman–Crippen LogP) is 5.03. The minimum absolute atomic E-state index is 0. The van der Waals surface area contributed by atoms with Crippen LogP contribution in [-0.2, 0) is 0 Å². The molecule has 0 spiro atoms. The van der Waals surface area contributed by atoms with Crippen molar-refractivity contribution in [2.45, 2.75) is 74.1 Å². The summed E-state index contributed by atoms with van der Waals surface area (Å²) in [6.07, 6.45) is 5.12. The van der Waals surface area contributed by atoms with Crippen molar-refractivity contribution in [2.75, 3.05) is 13.6 Å². The SMILES string of the molecule is CC.CCC.CCCC.CCCNC.N. The first-order chi connectivity index (χ1) is 6.74. The standard InChI is InChI=1S/C4H11N.C4H10.C3H8.C2H6.H3N/c1-3-4-5-2;1-3-4-2;1-3-2;1-2;/h5H,3-4H2,1-2H3;3-4H2,1-2H3;3H2,1-2H3;1-2H3;1H3. The molecule has 0 amide bonds. The Bertz CT molecular complexity index is 35.5. The van der Waals surface area contributed by atoms with Gasteiger partial charge in [-0.05, 0) is 20.0 Å². The second-order valence-electron chi connectivity index (χ2n) is 2.81. The molecule has 2 nitrogen and oxygen atoms in total. The quantitative estimate of drug-likeness (QED) is 0.704. The maximum Gasteiger partial charge on any atom is -0.00546 e. The van der Waals surface area contributed by atoms with Crippen LogP contribution in [0.25, 0.3) is 0 Å². The van der Waals surface area contributed by atoms with Gasteiger partial charge in [0.15, 0.2) is 0 Å². The van der Waals surface area contributed by atoms with E-state index in [0.717, 1.165) is 6.54 Å². The summed E-state index contributed by atoms with van der Waals surface area (Å²) in [4.78, 5) is 0. The highest BCUT2D eigenvalue weighted by Gasteiger charge is 1.64. The van der Waals surface area contributed by atoms with Crippen molar-refractivity contribution in [1.82, 2.24) is 11.5 Å². The average Bonchev–Trinajstić information content (AvgIpc) is 2.24. The number of rotatable bonds is 3. The fourth-order valence-corrected chi connectivity index (χ4v) is 0.250. The molecule has 0 saturated carbocycles. The summed E-state index contributed by atoms with van der Waals surface area (Å²) in [6.45, 7) is 15.9. The zero-order valence-corrected chi connectivity index (χ0v) is 12.7. The molecule has 4 N–H and O–H groups in total. The van der Waals surface area contributed by atoms with Crippen LogP contribution in [0.4, 0.5) is 0 Å². The largest absolute Gasteiger partial charge is 0.344 e. The first-order valence-electron chi connectivity index (χ1n) is 6.39. The van der Waals surface area contributed by atoms with Gasteiger partial charge in [0.1, 0.15) is 0 Å². The highest BCUT2D eigenvalue weighted by atomic mass is 14.8. The zero-order chi connectivity index (χ0) is 12.2. The number of hydrogen-bond donors (Lipinski definition) is 2. The van der Waals surface area contributed by atoms with Gasteiger partial charge in [-0.25, -0.2) is 0 Å². The van der Waals surface area contributed by atoms with Gasteiger partial charge in [-0.1, -0.05) is 67.7 Å². The topological polar surface area (TPSA) is 47.0 Å². The molecule has 0 aliphatic heterocycles. The Balaban J connectivity index is -0.0000000305. The molecule has 0 aliphatic carbocycles. The van der Waals surface area contributed by atoms with Crippen LogP contribution in [-0.4, -0.2) is 13.6 Å². The summed E-state index contributed by atoms with van der Waals surface area (Å²) >= 11 is 0. The minimum Gasteiger partial charge on any atom is -0.344 e. The van der Waals surface area contributed by atoms with E-state index >= 15 is 0 Å². The zero-order valence-electron chi connectivity index (χ0n) is 12.7. The van der Waals surface area contributed by atoms with Crippen LogP contribution in [0.2, 0.25) is 0 Å². The van der Waals surface area contributed by atoms with Crippen LogP contribution in [0, 0.1) is 0 Å². The Labute approximate surface area is 99.8 Å². The molecule has 0 bridgehead atoms. The third-order valence-electron chi connectivity index (χ3n) is 1.000. The monoisotopic (exact) mass is 222 g/mol. The average molecular weight is 222 g/mol. The Morgan fingerprint density at radius 2 is 1.00 bits per heavy atom. The Morgan fingerprint density at radius 3 is 1.00 bits per heavy atom.